The SMILES string of the molecule is CCOc1ccc(-c2csc(NC(=O)CCSc3nc4c(cc3C#N)CC(C(C)(C)C)CC4)n2)cc1. The number of fused-ring (bicyclic) bond motifs is 1. The van der Waals surface area contributed by atoms with Gasteiger partial charge in [-0.15, -0.1) is 23.1 Å². The van der Waals surface area contributed by atoms with E-state index in [4.69, 9.17) is 9.72 Å². The molecule has 0 spiro atoms. The largest absolute Gasteiger partial charge is 0.494 e. The van der Waals surface area contributed by atoms with Crippen LogP contribution in [0.4, 0.5) is 5.13 Å². The summed E-state index contributed by atoms with van der Waals surface area (Å²) < 4.78 is 5.48. The van der Waals surface area contributed by atoms with Gasteiger partial charge in [-0.3, -0.25) is 4.79 Å². The smallest absolute Gasteiger partial charge is 0.226 e. The third-order valence-corrected chi connectivity index (χ3v) is 8.23. The summed E-state index contributed by atoms with van der Waals surface area (Å²) in [5, 5.41) is 15.8. The minimum absolute atomic E-state index is 0.0976. The average molecular weight is 521 g/mol. The van der Waals surface area contributed by atoms with Crippen LogP contribution in [0.15, 0.2) is 40.7 Å². The molecule has 1 N–H and O–H groups in total. The number of rotatable bonds is 8. The topological polar surface area (TPSA) is 87.9 Å². The summed E-state index contributed by atoms with van der Waals surface area (Å²) in [7, 11) is 0. The lowest BCUT2D eigenvalue weighted by Crippen LogP contribution is -2.27. The number of aryl methyl sites for hydroxylation is 1. The van der Waals surface area contributed by atoms with Crippen molar-refractivity contribution in [2.45, 2.75) is 58.4 Å². The minimum atomic E-state index is -0.0976. The highest BCUT2D eigenvalue weighted by Crippen LogP contribution is 2.38. The van der Waals surface area contributed by atoms with Gasteiger partial charge in [0, 0.05) is 28.8 Å². The lowest BCUT2D eigenvalue weighted by molar-refractivity contribution is -0.115. The Hall–Kier alpha value is -2.89. The number of nitrogens with zero attached hydrogens (tertiary/aromatic N) is 3. The Morgan fingerprint density at radius 3 is 2.75 bits per heavy atom. The summed E-state index contributed by atoms with van der Waals surface area (Å²) >= 11 is 2.88. The molecule has 8 heteroatoms. The van der Waals surface area contributed by atoms with Crippen LogP contribution in [0, 0.1) is 22.7 Å². The van der Waals surface area contributed by atoms with Gasteiger partial charge >= 0.3 is 0 Å². The highest BCUT2D eigenvalue weighted by atomic mass is 32.2. The molecule has 1 aromatic carbocycles. The Morgan fingerprint density at radius 2 is 2.06 bits per heavy atom. The average Bonchev–Trinajstić information content (AvgIpc) is 3.31. The molecule has 3 aromatic rings. The van der Waals surface area contributed by atoms with E-state index in [9.17, 15) is 10.1 Å². The van der Waals surface area contributed by atoms with Crippen molar-refractivity contribution in [3.8, 4) is 23.1 Å². The number of benzene rings is 1. The third-order valence-electron chi connectivity index (χ3n) is 6.48. The number of amides is 1. The molecule has 0 bridgehead atoms. The minimum Gasteiger partial charge on any atom is -0.494 e. The molecule has 36 heavy (non-hydrogen) atoms. The maximum atomic E-state index is 12.5. The van der Waals surface area contributed by atoms with Crippen molar-refractivity contribution in [2.24, 2.45) is 11.3 Å². The van der Waals surface area contributed by atoms with Crippen molar-refractivity contribution in [3.63, 3.8) is 0 Å². The summed E-state index contributed by atoms with van der Waals surface area (Å²) in [4.78, 5) is 21.9. The van der Waals surface area contributed by atoms with Crippen molar-refractivity contribution in [3.05, 3.63) is 52.5 Å². The van der Waals surface area contributed by atoms with Crippen molar-refractivity contribution in [1.82, 2.24) is 9.97 Å². The zero-order chi connectivity index (χ0) is 25.7. The Bertz CT molecular complexity index is 1260. The van der Waals surface area contributed by atoms with Crippen LogP contribution in [0.25, 0.3) is 11.3 Å². The van der Waals surface area contributed by atoms with Gasteiger partial charge in [-0.1, -0.05) is 20.8 Å². The Labute approximate surface area is 221 Å². The van der Waals surface area contributed by atoms with E-state index in [0.717, 1.165) is 47.0 Å². The van der Waals surface area contributed by atoms with E-state index in [0.29, 0.717) is 35.4 Å². The van der Waals surface area contributed by atoms with E-state index >= 15 is 0 Å². The number of ether oxygens (including phenoxy) is 1. The van der Waals surface area contributed by atoms with Crippen LogP contribution in [0.1, 0.15) is 57.4 Å². The molecule has 0 aliphatic heterocycles. The van der Waals surface area contributed by atoms with Gasteiger partial charge in [0.05, 0.1) is 17.9 Å². The summed E-state index contributed by atoms with van der Waals surface area (Å²) in [5.74, 6) is 1.87. The molecule has 1 unspecified atom stereocenters. The van der Waals surface area contributed by atoms with Crippen LogP contribution in [0.3, 0.4) is 0 Å². The first-order valence-corrected chi connectivity index (χ1v) is 14.2. The number of carbonyl (C=O) groups excluding carboxylic acids is 1. The molecule has 0 fully saturated rings. The summed E-state index contributed by atoms with van der Waals surface area (Å²) in [6, 6.07) is 12.1. The number of thiazole rings is 1. The van der Waals surface area contributed by atoms with Gasteiger partial charge < -0.3 is 10.1 Å². The molecule has 0 saturated heterocycles. The third kappa shape index (κ3) is 6.45. The first kappa shape index (κ1) is 26.2. The summed E-state index contributed by atoms with van der Waals surface area (Å²) in [5.41, 5.74) is 4.95. The predicted molar refractivity (Wildman–Crippen MR) is 147 cm³/mol. The summed E-state index contributed by atoms with van der Waals surface area (Å²) in [6.07, 6.45) is 3.35. The number of aromatic nitrogens is 2. The normalized spacial score (nSPS) is 15.1. The second-order valence-electron chi connectivity index (χ2n) is 10.0. The molecule has 1 aliphatic rings. The van der Waals surface area contributed by atoms with Crippen molar-refractivity contribution < 1.29 is 9.53 Å². The molecular formula is C28H32N4O2S2. The quantitative estimate of drug-likeness (QED) is 0.331. The molecule has 1 atom stereocenters. The fraction of sp³-hybridized carbons (Fsp3) is 0.429. The molecule has 1 amide bonds. The fourth-order valence-corrected chi connectivity index (χ4v) is 6.00. The van der Waals surface area contributed by atoms with Crippen molar-refractivity contribution >= 4 is 34.1 Å². The van der Waals surface area contributed by atoms with Gasteiger partial charge in [0.1, 0.15) is 16.8 Å². The number of carbonyl (C=O) groups is 1. The first-order valence-electron chi connectivity index (χ1n) is 12.3. The number of pyridine rings is 1. The van der Waals surface area contributed by atoms with Crippen LogP contribution in [0.2, 0.25) is 0 Å². The van der Waals surface area contributed by atoms with E-state index < -0.39 is 0 Å². The Morgan fingerprint density at radius 1 is 1.28 bits per heavy atom. The molecule has 0 radical (unpaired) electrons. The standard InChI is InChI=1S/C28H32N4O2S2/c1-5-34-22-9-6-18(7-10-22)24-17-36-27(31-24)32-25(33)12-13-35-26-20(16-29)14-19-15-21(28(2,3)4)8-11-23(19)30-26/h6-7,9-10,14,17,21H,5,8,11-13,15H2,1-4H3,(H,31,32,33). The highest BCUT2D eigenvalue weighted by molar-refractivity contribution is 7.99. The van der Waals surface area contributed by atoms with Crippen molar-refractivity contribution in [1.29, 1.82) is 5.26 Å². The van der Waals surface area contributed by atoms with Gasteiger partial charge in [-0.05, 0) is 73.4 Å². The number of anilines is 1. The molecule has 2 aromatic heterocycles. The maximum absolute atomic E-state index is 12.5. The van der Waals surface area contributed by atoms with Gasteiger partial charge in [-0.2, -0.15) is 5.26 Å². The first-order chi connectivity index (χ1) is 17.3. The van der Waals surface area contributed by atoms with Gasteiger partial charge in [0.2, 0.25) is 5.91 Å². The molecule has 188 valence electrons. The predicted octanol–water partition coefficient (Wildman–Crippen LogP) is 6.75. The lowest BCUT2D eigenvalue weighted by atomic mass is 9.71. The van der Waals surface area contributed by atoms with Crippen LogP contribution >= 0.6 is 23.1 Å². The monoisotopic (exact) mass is 520 g/mol. The van der Waals surface area contributed by atoms with E-state index in [1.54, 1.807) is 0 Å². The van der Waals surface area contributed by atoms with Crippen LogP contribution in [-0.4, -0.2) is 28.2 Å². The lowest BCUT2D eigenvalue weighted by Gasteiger charge is -2.34. The van der Waals surface area contributed by atoms with Crippen LogP contribution < -0.4 is 10.1 Å². The molecule has 0 saturated carbocycles. The number of nitriles is 1. The van der Waals surface area contributed by atoms with Gasteiger partial charge in [0.15, 0.2) is 5.13 Å². The van der Waals surface area contributed by atoms with E-state index in [1.165, 1.54) is 28.7 Å². The number of nitrogens with one attached hydrogen (secondary N) is 1. The van der Waals surface area contributed by atoms with Crippen LogP contribution in [-0.2, 0) is 17.6 Å². The maximum Gasteiger partial charge on any atom is 0.226 e. The van der Waals surface area contributed by atoms with Gasteiger partial charge in [0.25, 0.3) is 0 Å². The zero-order valence-corrected chi connectivity index (χ0v) is 22.9. The molecular weight excluding hydrogens is 488 g/mol. The second-order valence-corrected chi connectivity index (χ2v) is 11.9. The summed E-state index contributed by atoms with van der Waals surface area (Å²) in [6.45, 7) is 9.42. The van der Waals surface area contributed by atoms with Crippen LogP contribution in [0.5, 0.6) is 5.75 Å². The number of hydrogen-bond acceptors (Lipinski definition) is 7. The van der Waals surface area contributed by atoms with Gasteiger partial charge in [-0.25, -0.2) is 9.97 Å². The molecule has 6 nitrogen and oxygen atoms in total. The van der Waals surface area contributed by atoms with E-state index in [2.05, 4.69) is 37.1 Å². The molecule has 4 rings (SSSR count). The molecule has 2 heterocycles. The number of thioether (sulfide) groups is 1. The second kappa shape index (κ2) is 11.4. The van der Waals surface area contributed by atoms with Crippen molar-refractivity contribution in [2.75, 3.05) is 17.7 Å². The zero-order valence-electron chi connectivity index (χ0n) is 21.3. The van der Waals surface area contributed by atoms with E-state index in [1.807, 2.05) is 42.6 Å². The Balaban J connectivity index is 1.32. The molecule has 1 aliphatic carbocycles. The Kier molecular flexibility index (Phi) is 8.32. The fourth-order valence-electron chi connectivity index (χ4n) is 4.35. The van der Waals surface area contributed by atoms with E-state index in [-0.39, 0.29) is 11.3 Å². The number of hydrogen-bond donors (Lipinski definition) is 1. The highest BCUT2D eigenvalue weighted by Gasteiger charge is 2.30.